The van der Waals surface area contributed by atoms with Crippen LogP contribution in [0.3, 0.4) is 0 Å². The van der Waals surface area contributed by atoms with Crippen LogP contribution in [0.1, 0.15) is 50.8 Å². The quantitative estimate of drug-likeness (QED) is 0.666. The maximum atomic E-state index is 13.2. The summed E-state index contributed by atoms with van der Waals surface area (Å²) < 4.78 is 0. The van der Waals surface area contributed by atoms with Gasteiger partial charge in [-0.15, -0.1) is 0 Å². The number of unbranched alkanes of at least 4 members (excludes halogenated alkanes) is 3. The molecule has 1 fully saturated rings. The van der Waals surface area contributed by atoms with E-state index in [1.165, 1.54) is 15.8 Å². The normalized spacial score (nSPS) is 22.6. The molecule has 2 aliphatic rings. The SMILES string of the molecule is CCCCCCN1C(=O)N2CCc3c([nH]c4ccccc34)[C@@]2(C)C1=O. The zero-order valence-corrected chi connectivity index (χ0v) is 15.0. The van der Waals surface area contributed by atoms with Crippen molar-refractivity contribution in [3.63, 3.8) is 0 Å². The molecule has 1 aromatic heterocycles. The highest BCUT2D eigenvalue weighted by Gasteiger charge is 2.58. The van der Waals surface area contributed by atoms with Crippen LogP contribution in [-0.2, 0) is 16.8 Å². The number of para-hydroxylation sites is 1. The average Bonchev–Trinajstić information content (AvgIpc) is 3.08. The van der Waals surface area contributed by atoms with E-state index in [9.17, 15) is 9.59 Å². The summed E-state index contributed by atoms with van der Waals surface area (Å²) in [5.74, 6) is -0.0819. The molecule has 3 heterocycles. The van der Waals surface area contributed by atoms with Crippen LogP contribution >= 0.6 is 0 Å². The fourth-order valence-corrected chi connectivity index (χ4v) is 4.36. The van der Waals surface area contributed by atoms with Crippen molar-refractivity contribution in [1.29, 1.82) is 0 Å². The first kappa shape index (κ1) is 16.2. The summed E-state index contributed by atoms with van der Waals surface area (Å²) in [6.45, 7) is 5.18. The van der Waals surface area contributed by atoms with Crippen LogP contribution in [0.4, 0.5) is 4.79 Å². The predicted octanol–water partition coefficient (Wildman–Crippen LogP) is 3.78. The van der Waals surface area contributed by atoms with Gasteiger partial charge in [-0.05, 0) is 31.4 Å². The molecule has 0 unspecified atom stereocenters. The minimum atomic E-state index is -0.894. The van der Waals surface area contributed by atoms with E-state index in [4.69, 9.17) is 0 Å². The molecule has 2 aliphatic heterocycles. The molecule has 132 valence electrons. The van der Waals surface area contributed by atoms with Gasteiger partial charge in [0.05, 0.1) is 5.69 Å². The van der Waals surface area contributed by atoms with E-state index in [2.05, 4.69) is 18.0 Å². The molecule has 1 atom stereocenters. The Bertz CT molecular complexity index is 841. The number of H-pyrrole nitrogens is 1. The Kier molecular flexibility index (Phi) is 3.82. The van der Waals surface area contributed by atoms with Crippen molar-refractivity contribution < 1.29 is 9.59 Å². The van der Waals surface area contributed by atoms with Crippen LogP contribution in [0.5, 0.6) is 0 Å². The third-order valence-electron chi connectivity index (χ3n) is 5.78. The summed E-state index contributed by atoms with van der Waals surface area (Å²) in [6.07, 6.45) is 5.02. The van der Waals surface area contributed by atoms with Gasteiger partial charge in [0.25, 0.3) is 5.91 Å². The molecule has 0 bridgehead atoms. The van der Waals surface area contributed by atoms with Crippen molar-refractivity contribution in [1.82, 2.24) is 14.8 Å². The molecule has 2 aromatic rings. The first-order valence-corrected chi connectivity index (χ1v) is 9.32. The zero-order valence-electron chi connectivity index (χ0n) is 15.0. The Hall–Kier alpha value is -2.30. The fraction of sp³-hybridized carbons (Fsp3) is 0.500. The molecule has 4 rings (SSSR count). The van der Waals surface area contributed by atoms with Gasteiger partial charge in [-0.1, -0.05) is 44.4 Å². The van der Waals surface area contributed by atoms with Crippen molar-refractivity contribution in [3.8, 4) is 0 Å². The van der Waals surface area contributed by atoms with Gasteiger partial charge >= 0.3 is 6.03 Å². The Balaban J connectivity index is 1.70. The molecule has 0 saturated carbocycles. The number of imide groups is 1. The largest absolute Gasteiger partial charge is 0.356 e. The van der Waals surface area contributed by atoms with Crippen LogP contribution in [-0.4, -0.2) is 39.8 Å². The number of benzene rings is 1. The summed E-state index contributed by atoms with van der Waals surface area (Å²) in [6, 6.07) is 8.01. The average molecular weight is 339 g/mol. The second kappa shape index (κ2) is 5.90. The number of aromatic nitrogens is 1. The molecule has 3 amide bonds. The Morgan fingerprint density at radius 2 is 1.96 bits per heavy atom. The third kappa shape index (κ3) is 2.21. The minimum Gasteiger partial charge on any atom is -0.356 e. The van der Waals surface area contributed by atoms with Gasteiger partial charge in [-0.2, -0.15) is 0 Å². The van der Waals surface area contributed by atoms with Crippen LogP contribution in [0.15, 0.2) is 24.3 Å². The number of carbonyl (C=O) groups is 2. The molecular formula is C20H25N3O2. The molecule has 5 nitrogen and oxygen atoms in total. The van der Waals surface area contributed by atoms with Crippen LogP contribution < -0.4 is 0 Å². The van der Waals surface area contributed by atoms with E-state index in [1.54, 1.807) is 4.90 Å². The van der Waals surface area contributed by atoms with Crippen molar-refractivity contribution >= 4 is 22.8 Å². The lowest BCUT2D eigenvalue weighted by Crippen LogP contribution is -2.49. The number of nitrogens with zero attached hydrogens (tertiary/aromatic N) is 2. The van der Waals surface area contributed by atoms with Crippen LogP contribution in [0.25, 0.3) is 10.9 Å². The van der Waals surface area contributed by atoms with Gasteiger partial charge in [0.2, 0.25) is 0 Å². The van der Waals surface area contributed by atoms with Crippen molar-refractivity contribution in [2.75, 3.05) is 13.1 Å². The number of fused-ring (bicyclic) bond motifs is 5. The molecule has 5 heteroatoms. The number of urea groups is 1. The Morgan fingerprint density at radius 3 is 2.76 bits per heavy atom. The molecule has 1 aromatic carbocycles. The summed E-state index contributed by atoms with van der Waals surface area (Å²) in [5, 5.41) is 1.17. The number of hydrogen-bond acceptors (Lipinski definition) is 2. The second-order valence-electron chi connectivity index (χ2n) is 7.30. The summed E-state index contributed by atoms with van der Waals surface area (Å²) in [7, 11) is 0. The first-order valence-electron chi connectivity index (χ1n) is 9.32. The minimum absolute atomic E-state index is 0.0819. The van der Waals surface area contributed by atoms with Crippen molar-refractivity contribution in [2.45, 2.75) is 51.5 Å². The lowest BCUT2D eigenvalue weighted by Gasteiger charge is -2.36. The summed E-state index contributed by atoms with van der Waals surface area (Å²) >= 11 is 0. The lowest BCUT2D eigenvalue weighted by molar-refractivity contribution is -0.133. The van der Waals surface area contributed by atoms with Crippen molar-refractivity contribution in [2.24, 2.45) is 0 Å². The molecule has 0 aliphatic carbocycles. The third-order valence-corrected chi connectivity index (χ3v) is 5.78. The number of nitrogens with one attached hydrogen (secondary N) is 1. The topological polar surface area (TPSA) is 56.4 Å². The highest BCUT2D eigenvalue weighted by atomic mass is 16.2. The van der Waals surface area contributed by atoms with E-state index in [-0.39, 0.29) is 11.9 Å². The smallest absolute Gasteiger partial charge is 0.327 e. The lowest BCUT2D eigenvalue weighted by atomic mass is 9.87. The maximum absolute atomic E-state index is 13.2. The fourth-order valence-electron chi connectivity index (χ4n) is 4.36. The standard InChI is InChI=1S/C20H25N3O2/c1-3-4-5-8-12-22-18(24)20(2)17-15(11-13-23(20)19(22)25)14-9-6-7-10-16(14)21-17/h6-7,9-10,21H,3-5,8,11-13H2,1-2H3/t20-/m0/s1. The van der Waals surface area contributed by atoms with Gasteiger partial charge in [0.1, 0.15) is 0 Å². The van der Waals surface area contributed by atoms with Crippen molar-refractivity contribution in [3.05, 3.63) is 35.5 Å². The molecule has 0 spiro atoms. The number of carbonyl (C=O) groups excluding carboxylic acids is 2. The molecule has 1 saturated heterocycles. The van der Waals surface area contributed by atoms with E-state index in [0.717, 1.165) is 43.3 Å². The second-order valence-corrected chi connectivity index (χ2v) is 7.30. The summed E-state index contributed by atoms with van der Waals surface area (Å²) in [5.41, 5.74) is 2.23. The van der Waals surface area contributed by atoms with E-state index in [0.29, 0.717) is 13.1 Å². The number of hydrogen-bond donors (Lipinski definition) is 1. The van der Waals surface area contributed by atoms with Gasteiger partial charge in [0, 0.05) is 24.0 Å². The molecule has 25 heavy (non-hydrogen) atoms. The first-order chi connectivity index (χ1) is 12.1. The van der Waals surface area contributed by atoms with E-state index >= 15 is 0 Å². The van der Waals surface area contributed by atoms with E-state index in [1.807, 2.05) is 25.1 Å². The van der Waals surface area contributed by atoms with Gasteiger partial charge in [-0.3, -0.25) is 9.69 Å². The highest BCUT2D eigenvalue weighted by Crippen LogP contribution is 2.43. The number of aromatic amines is 1. The predicted molar refractivity (Wildman–Crippen MR) is 97.3 cm³/mol. The van der Waals surface area contributed by atoms with Gasteiger partial charge in [-0.25, -0.2) is 4.79 Å². The highest BCUT2D eigenvalue weighted by molar-refractivity contribution is 6.08. The van der Waals surface area contributed by atoms with Crippen LogP contribution in [0.2, 0.25) is 0 Å². The van der Waals surface area contributed by atoms with Crippen LogP contribution in [0, 0.1) is 0 Å². The summed E-state index contributed by atoms with van der Waals surface area (Å²) in [4.78, 5) is 32.7. The van der Waals surface area contributed by atoms with E-state index < -0.39 is 5.54 Å². The molecule has 1 N–H and O–H groups in total. The number of amides is 3. The molecular weight excluding hydrogens is 314 g/mol. The monoisotopic (exact) mass is 339 g/mol. The Morgan fingerprint density at radius 1 is 1.16 bits per heavy atom. The van der Waals surface area contributed by atoms with Gasteiger partial charge < -0.3 is 9.88 Å². The Labute approximate surface area is 148 Å². The number of rotatable bonds is 5. The molecule has 0 radical (unpaired) electrons. The zero-order chi connectivity index (χ0) is 17.6. The maximum Gasteiger partial charge on any atom is 0.327 e. The van der Waals surface area contributed by atoms with Gasteiger partial charge in [0.15, 0.2) is 5.54 Å².